The molecule has 0 unspecified atom stereocenters. The van der Waals surface area contributed by atoms with Crippen molar-refractivity contribution in [2.75, 3.05) is 18.6 Å². The highest BCUT2D eigenvalue weighted by Gasteiger charge is 2.23. The molecule has 0 saturated heterocycles. The molecule has 0 saturated carbocycles. The van der Waals surface area contributed by atoms with Crippen molar-refractivity contribution in [3.63, 3.8) is 0 Å². The van der Waals surface area contributed by atoms with Crippen molar-refractivity contribution < 1.29 is 5.11 Å². The lowest BCUT2D eigenvalue weighted by Crippen LogP contribution is -2.44. The summed E-state index contributed by atoms with van der Waals surface area (Å²) in [6, 6.07) is 6.38. The van der Waals surface area contributed by atoms with Crippen LogP contribution in [0.2, 0.25) is 0 Å². The van der Waals surface area contributed by atoms with Crippen LogP contribution in [0.4, 0.5) is 5.69 Å². The van der Waals surface area contributed by atoms with Gasteiger partial charge in [-0.25, -0.2) is 0 Å². The van der Waals surface area contributed by atoms with Gasteiger partial charge in [0.1, 0.15) is 0 Å². The Morgan fingerprint density at radius 3 is 2.33 bits per heavy atom. The Kier molecular flexibility index (Phi) is 3.40. The van der Waals surface area contributed by atoms with E-state index in [1.54, 1.807) is 0 Å². The first-order valence-corrected chi connectivity index (χ1v) is 5.30. The van der Waals surface area contributed by atoms with Gasteiger partial charge in [-0.15, -0.1) is 0 Å². The Morgan fingerprint density at radius 2 is 1.87 bits per heavy atom. The van der Waals surface area contributed by atoms with Gasteiger partial charge in [0.25, 0.3) is 0 Å². The van der Waals surface area contributed by atoms with Crippen molar-refractivity contribution in [3.05, 3.63) is 29.3 Å². The normalized spacial score (nSPS) is 11.6. The van der Waals surface area contributed by atoms with E-state index in [-0.39, 0.29) is 12.1 Å². The molecule has 0 atom stereocenters. The third-order valence-corrected chi connectivity index (χ3v) is 3.01. The molecule has 1 aromatic rings. The molecule has 1 rings (SSSR count). The molecule has 0 aliphatic rings. The topological polar surface area (TPSA) is 23.5 Å². The van der Waals surface area contributed by atoms with Gasteiger partial charge in [0.15, 0.2) is 0 Å². The number of aryl methyl sites for hydroxylation is 2. The van der Waals surface area contributed by atoms with E-state index in [9.17, 15) is 5.11 Å². The summed E-state index contributed by atoms with van der Waals surface area (Å²) in [5.74, 6) is 0. The number of hydrogen-bond acceptors (Lipinski definition) is 2. The Labute approximate surface area is 92.5 Å². The van der Waals surface area contributed by atoms with Crippen LogP contribution in [0.15, 0.2) is 18.2 Å². The molecule has 0 radical (unpaired) electrons. The number of anilines is 1. The van der Waals surface area contributed by atoms with Crippen LogP contribution in [-0.4, -0.2) is 24.3 Å². The molecular formula is C13H21NO. The Balaban J connectivity index is 3.06. The minimum absolute atomic E-state index is 0.150. The molecule has 0 spiro atoms. The molecule has 1 aromatic carbocycles. The molecule has 2 nitrogen and oxygen atoms in total. The minimum atomic E-state index is -0.222. The average molecular weight is 207 g/mol. The summed E-state index contributed by atoms with van der Waals surface area (Å²) >= 11 is 0. The molecule has 0 amide bonds. The molecule has 0 heterocycles. The third kappa shape index (κ3) is 2.51. The van der Waals surface area contributed by atoms with Crippen LogP contribution in [-0.2, 0) is 0 Å². The summed E-state index contributed by atoms with van der Waals surface area (Å²) in [7, 11) is 2.02. The van der Waals surface area contributed by atoms with Gasteiger partial charge < -0.3 is 10.0 Å². The molecule has 0 aliphatic carbocycles. The van der Waals surface area contributed by atoms with Crippen LogP contribution in [0.1, 0.15) is 25.0 Å². The van der Waals surface area contributed by atoms with Gasteiger partial charge in [-0.3, -0.25) is 0 Å². The first kappa shape index (κ1) is 12.1. The summed E-state index contributed by atoms with van der Waals surface area (Å²) < 4.78 is 0. The third-order valence-electron chi connectivity index (χ3n) is 3.01. The molecule has 2 heteroatoms. The smallest absolute Gasteiger partial charge is 0.0658 e. The molecule has 0 aliphatic heterocycles. The van der Waals surface area contributed by atoms with E-state index < -0.39 is 0 Å². The van der Waals surface area contributed by atoms with E-state index in [2.05, 4.69) is 36.9 Å². The Hall–Kier alpha value is -1.02. The van der Waals surface area contributed by atoms with Crippen molar-refractivity contribution in [3.8, 4) is 0 Å². The van der Waals surface area contributed by atoms with E-state index in [1.807, 2.05) is 20.9 Å². The van der Waals surface area contributed by atoms with E-state index in [4.69, 9.17) is 0 Å². The van der Waals surface area contributed by atoms with Crippen molar-refractivity contribution in [1.29, 1.82) is 0 Å². The Bertz CT molecular complexity index is 344. The van der Waals surface area contributed by atoms with E-state index >= 15 is 0 Å². The summed E-state index contributed by atoms with van der Waals surface area (Å²) in [5.41, 5.74) is 3.48. The van der Waals surface area contributed by atoms with Crippen molar-refractivity contribution in [1.82, 2.24) is 0 Å². The van der Waals surface area contributed by atoms with Crippen LogP contribution in [0.3, 0.4) is 0 Å². The number of aliphatic hydroxyl groups is 1. The second kappa shape index (κ2) is 4.23. The maximum atomic E-state index is 9.33. The number of nitrogens with zero attached hydrogens (tertiary/aromatic N) is 1. The maximum Gasteiger partial charge on any atom is 0.0658 e. The van der Waals surface area contributed by atoms with Gasteiger partial charge in [0, 0.05) is 12.7 Å². The molecule has 0 aromatic heterocycles. The molecular weight excluding hydrogens is 186 g/mol. The van der Waals surface area contributed by atoms with Gasteiger partial charge in [-0.1, -0.05) is 17.7 Å². The van der Waals surface area contributed by atoms with Gasteiger partial charge in [0.05, 0.1) is 12.1 Å². The summed E-state index contributed by atoms with van der Waals surface area (Å²) in [6.07, 6.45) is 0. The monoisotopic (exact) mass is 207 g/mol. The lowest BCUT2D eigenvalue weighted by molar-refractivity contribution is 0.216. The second-order valence-electron chi connectivity index (χ2n) is 4.82. The first-order valence-electron chi connectivity index (χ1n) is 5.30. The van der Waals surface area contributed by atoms with Crippen LogP contribution >= 0.6 is 0 Å². The molecule has 15 heavy (non-hydrogen) atoms. The van der Waals surface area contributed by atoms with Crippen molar-refractivity contribution in [2.45, 2.75) is 33.2 Å². The van der Waals surface area contributed by atoms with Crippen molar-refractivity contribution >= 4 is 5.69 Å². The fraction of sp³-hybridized carbons (Fsp3) is 0.538. The number of hydrogen-bond donors (Lipinski definition) is 1. The van der Waals surface area contributed by atoms with Gasteiger partial charge in [0.2, 0.25) is 0 Å². The second-order valence-corrected chi connectivity index (χ2v) is 4.82. The highest BCUT2D eigenvalue weighted by atomic mass is 16.3. The summed E-state index contributed by atoms with van der Waals surface area (Å²) in [5, 5.41) is 9.33. The highest BCUT2D eigenvalue weighted by Crippen LogP contribution is 2.26. The number of rotatable bonds is 3. The molecule has 84 valence electrons. The van der Waals surface area contributed by atoms with Gasteiger partial charge in [-0.05, 0) is 39.3 Å². The van der Waals surface area contributed by atoms with Crippen LogP contribution < -0.4 is 4.90 Å². The van der Waals surface area contributed by atoms with Gasteiger partial charge >= 0.3 is 0 Å². The average Bonchev–Trinajstić information content (AvgIpc) is 2.17. The SMILES string of the molecule is Cc1ccc(N(C)C(C)(C)CO)c(C)c1. The Morgan fingerprint density at radius 1 is 1.27 bits per heavy atom. The summed E-state index contributed by atoms with van der Waals surface area (Å²) in [6.45, 7) is 8.41. The fourth-order valence-electron chi connectivity index (χ4n) is 1.61. The predicted octanol–water partition coefficient (Wildman–Crippen LogP) is 2.51. The lowest BCUT2D eigenvalue weighted by atomic mass is 10.0. The van der Waals surface area contributed by atoms with Crippen LogP contribution in [0.5, 0.6) is 0 Å². The predicted molar refractivity (Wildman–Crippen MR) is 65.5 cm³/mol. The number of benzene rings is 1. The molecule has 0 bridgehead atoms. The van der Waals surface area contributed by atoms with E-state index in [0.29, 0.717) is 0 Å². The zero-order chi connectivity index (χ0) is 11.6. The zero-order valence-corrected chi connectivity index (χ0v) is 10.3. The quantitative estimate of drug-likeness (QED) is 0.823. The standard InChI is InChI=1S/C13H21NO/c1-10-6-7-12(11(2)8-10)14(5)13(3,4)9-15/h6-8,15H,9H2,1-5H3. The van der Waals surface area contributed by atoms with Crippen LogP contribution in [0, 0.1) is 13.8 Å². The number of likely N-dealkylation sites (N-methyl/N-ethyl adjacent to an activating group) is 1. The largest absolute Gasteiger partial charge is 0.394 e. The number of aliphatic hydroxyl groups excluding tert-OH is 1. The van der Waals surface area contributed by atoms with Gasteiger partial charge in [-0.2, -0.15) is 0 Å². The zero-order valence-electron chi connectivity index (χ0n) is 10.3. The maximum absolute atomic E-state index is 9.33. The highest BCUT2D eigenvalue weighted by molar-refractivity contribution is 5.55. The fourth-order valence-corrected chi connectivity index (χ4v) is 1.61. The molecule has 1 N–H and O–H groups in total. The molecule has 0 fully saturated rings. The van der Waals surface area contributed by atoms with E-state index in [1.165, 1.54) is 16.8 Å². The van der Waals surface area contributed by atoms with Crippen LogP contribution in [0.25, 0.3) is 0 Å². The lowest BCUT2D eigenvalue weighted by Gasteiger charge is -2.36. The van der Waals surface area contributed by atoms with E-state index in [0.717, 1.165) is 0 Å². The minimum Gasteiger partial charge on any atom is -0.394 e. The summed E-state index contributed by atoms with van der Waals surface area (Å²) in [4.78, 5) is 2.13. The first-order chi connectivity index (χ1) is 6.88. The van der Waals surface area contributed by atoms with Crippen molar-refractivity contribution in [2.24, 2.45) is 0 Å².